The molecule has 1 atom stereocenters. The van der Waals surface area contributed by atoms with Gasteiger partial charge in [-0.3, -0.25) is 0 Å². The molecule has 0 fully saturated rings. The molecule has 0 spiro atoms. The molecule has 0 radical (unpaired) electrons. The van der Waals surface area contributed by atoms with E-state index in [0.29, 0.717) is 0 Å². The van der Waals surface area contributed by atoms with Gasteiger partial charge in [0.2, 0.25) is 0 Å². The van der Waals surface area contributed by atoms with Gasteiger partial charge in [0.05, 0.1) is 7.11 Å². The van der Waals surface area contributed by atoms with E-state index in [4.69, 9.17) is 10.5 Å². The second-order valence-corrected chi connectivity index (χ2v) is 3.34. The van der Waals surface area contributed by atoms with Crippen LogP contribution in [-0.2, 0) is 5.67 Å². The third kappa shape index (κ3) is 2.09. The van der Waals surface area contributed by atoms with Crippen molar-refractivity contribution in [2.75, 3.05) is 13.7 Å². The summed E-state index contributed by atoms with van der Waals surface area (Å²) in [5.41, 5.74) is 3.47. The standard InChI is InChI=1S/C11H15F2NO/c1-3-11(13,7-14)8-5-4-6-9(15-2)10(8)12/h4-6H,3,7,14H2,1-2H3. The Morgan fingerprint density at radius 2 is 2.13 bits per heavy atom. The van der Waals surface area contributed by atoms with E-state index in [1.807, 2.05) is 0 Å². The van der Waals surface area contributed by atoms with Gasteiger partial charge in [-0.25, -0.2) is 8.78 Å². The van der Waals surface area contributed by atoms with Gasteiger partial charge >= 0.3 is 0 Å². The molecule has 0 bridgehead atoms. The lowest BCUT2D eigenvalue weighted by atomic mass is 9.92. The fourth-order valence-electron chi connectivity index (χ4n) is 1.46. The molecule has 0 aliphatic heterocycles. The van der Waals surface area contributed by atoms with Gasteiger partial charge < -0.3 is 10.5 Å². The average molecular weight is 215 g/mol. The third-order valence-corrected chi connectivity index (χ3v) is 2.55. The largest absolute Gasteiger partial charge is 0.494 e. The number of halogens is 2. The van der Waals surface area contributed by atoms with Gasteiger partial charge in [0.1, 0.15) is 0 Å². The Balaban J connectivity index is 3.24. The van der Waals surface area contributed by atoms with Gasteiger partial charge in [-0.2, -0.15) is 0 Å². The van der Waals surface area contributed by atoms with E-state index in [1.165, 1.54) is 19.2 Å². The predicted octanol–water partition coefficient (Wildman–Crippen LogP) is 2.37. The maximum absolute atomic E-state index is 14.1. The molecule has 84 valence electrons. The third-order valence-electron chi connectivity index (χ3n) is 2.55. The molecule has 4 heteroatoms. The maximum Gasteiger partial charge on any atom is 0.171 e. The Hall–Kier alpha value is -1.16. The Kier molecular flexibility index (Phi) is 3.63. The molecular weight excluding hydrogens is 200 g/mol. The molecule has 0 aromatic heterocycles. The van der Waals surface area contributed by atoms with Gasteiger partial charge in [0.25, 0.3) is 0 Å². The van der Waals surface area contributed by atoms with Crippen LogP contribution in [0, 0.1) is 5.82 Å². The molecule has 2 nitrogen and oxygen atoms in total. The molecule has 0 saturated carbocycles. The molecule has 1 aromatic rings. The van der Waals surface area contributed by atoms with Crippen molar-refractivity contribution < 1.29 is 13.5 Å². The van der Waals surface area contributed by atoms with Gasteiger partial charge in [0.15, 0.2) is 17.2 Å². The van der Waals surface area contributed by atoms with Crippen molar-refractivity contribution in [3.63, 3.8) is 0 Å². The molecule has 2 N–H and O–H groups in total. The first-order chi connectivity index (χ1) is 7.09. The number of ether oxygens (including phenoxy) is 1. The summed E-state index contributed by atoms with van der Waals surface area (Å²) in [5, 5.41) is 0. The molecule has 1 rings (SSSR count). The van der Waals surface area contributed by atoms with Crippen LogP contribution in [0.2, 0.25) is 0 Å². The van der Waals surface area contributed by atoms with Gasteiger partial charge in [-0.05, 0) is 12.5 Å². The van der Waals surface area contributed by atoms with Gasteiger partial charge in [-0.1, -0.05) is 19.1 Å². The zero-order valence-corrected chi connectivity index (χ0v) is 8.89. The van der Waals surface area contributed by atoms with Crippen LogP contribution in [0.4, 0.5) is 8.78 Å². The minimum absolute atomic E-state index is 0.0353. The van der Waals surface area contributed by atoms with E-state index in [0.717, 1.165) is 0 Å². The normalized spacial score (nSPS) is 14.7. The summed E-state index contributed by atoms with van der Waals surface area (Å²) in [6, 6.07) is 4.40. The van der Waals surface area contributed by atoms with E-state index in [2.05, 4.69) is 0 Å². The highest BCUT2D eigenvalue weighted by atomic mass is 19.1. The SMILES string of the molecule is CCC(F)(CN)c1cccc(OC)c1F. The Bertz CT molecular complexity index is 337. The second kappa shape index (κ2) is 4.57. The fourth-order valence-corrected chi connectivity index (χ4v) is 1.46. The quantitative estimate of drug-likeness (QED) is 0.836. The molecule has 15 heavy (non-hydrogen) atoms. The summed E-state index contributed by atoms with van der Waals surface area (Å²) in [4.78, 5) is 0. The molecule has 1 aromatic carbocycles. The zero-order chi connectivity index (χ0) is 11.5. The number of nitrogens with two attached hydrogens (primary N) is 1. The molecule has 1 unspecified atom stereocenters. The Labute approximate surface area is 88.0 Å². The van der Waals surface area contributed by atoms with E-state index >= 15 is 0 Å². The van der Waals surface area contributed by atoms with E-state index < -0.39 is 11.5 Å². The summed E-state index contributed by atoms with van der Waals surface area (Å²) >= 11 is 0. The molecular formula is C11H15F2NO. The van der Waals surface area contributed by atoms with Crippen LogP contribution in [-0.4, -0.2) is 13.7 Å². The van der Waals surface area contributed by atoms with Crippen molar-refractivity contribution in [3.05, 3.63) is 29.6 Å². The number of hydrogen-bond acceptors (Lipinski definition) is 2. The fraction of sp³-hybridized carbons (Fsp3) is 0.455. The van der Waals surface area contributed by atoms with E-state index in [9.17, 15) is 8.78 Å². The Morgan fingerprint density at radius 3 is 2.60 bits per heavy atom. The van der Waals surface area contributed by atoms with Crippen LogP contribution >= 0.6 is 0 Å². The van der Waals surface area contributed by atoms with E-state index in [-0.39, 0.29) is 24.3 Å². The topological polar surface area (TPSA) is 35.2 Å². The highest BCUT2D eigenvalue weighted by Crippen LogP contribution is 2.33. The summed E-state index contributed by atoms with van der Waals surface area (Å²) < 4.78 is 32.6. The first-order valence-electron chi connectivity index (χ1n) is 4.81. The smallest absolute Gasteiger partial charge is 0.171 e. The number of alkyl halides is 1. The van der Waals surface area contributed by atoms with Crippen molar-refractivity contribution in [1.29, 1.82) is 0 Å². The highest BCUT2D eigenvalue weighted by Gasteiger charge is 2.32. The summed E-state index contributed by atoms with van der Waals surface area (Å²) in [6.45, 7) is 1.39. The number of rotatable bonds is 4. The molecule has 0 aliphatic rings. The van der Waals surface area contributed by atoms with Crippen LogP contribution in [0.1, 0.15) is 18.9 Å². The molecule has 0 saturated heterocycles. The number of methoxy groups -OCH3 is 1. The van der Waals surface area contributed by atoms with Crippen molar-refractivity contribution in [3.8, 4) is 5.75 Å². The lowest BCUT2D eigenvalue weighted by Crippen LogP contribution is -2.30. The van der Waals surface area contributed by atoms with Crippen molar-refractivity contribution >= 4 is 0 Å². The summed E-state index contributed by atoms with van der Waals surface area (Å²) in [5.74, 6) is -0.633. The zero-order valence-electron chi connectivity index (χ0n) is 8.89. The van der Waals surface area contributed by atoms with Crippen LogP contribution < -0.4 is 10.5 Å². The number of benzene rings is 1. The van der Waals surface area contributed by atoms with E-state index in [1.54, 1.807) is 13.0 Å². The van der Waals surface area contributed by atoms with Crippen LogP contribution in [0.15, 0.2) is 18.2 Å². The minimum atomic E-state index is -1.82. The molecule has 0 amide bonds. The van der Waals surface area contributed by atoms with Crippen molar-refractivity contribution in [2.24, 2.45) is 5.73 Å². The first-order valence-corrected chi connectivity index (χ1v) is 4.81. The highest BCUT2D eigenvalue weighted by molar-refractivity contribution is 5.35. The summed E-state index contributed by atoms with van der Waals surface area (Å²) in [7, 11) is 1.34. The van der Waals surface area contributed by atoms with Crippen molar-refractivity contribution in [1.82, 2.24) is 0 Å². The van der Waals surface area contributed by atoms with Gasteiger partial charge in [-0.15, -0.1) is 0 Å². The van der Waals surface area contributed by atoms with Crippen LogP contribution in [0.3, 0.4) is 0 Å². The molecule has 0 heterocycles. The lowest BCUT2D eigenvalue weighted by molar-refractivity contribution is 0.161. The monoisotopic (exact) mass is 215 g/mol. The molecule has 0 aliphatic carbocycles. The van der Waals surface area contributed by atoms with Crippen LogP contribution in [0.25, 0.3) is 0 Å². The van der Waals surface area contributed by atoms with Crippen molar-refractivity contribution in [2.45, 2.75) is 19.0 Å². The predicted molar refractivity (Wildman–Crippen MR) is 55.1 cm³/mol. The average Bonchev–Trinajstić information content (AvgIpc) is 2.28. The number of hydrogen-bond donors (Lipinski definition) is 1. The Morgan fingerprint density at radius 1 is 1.47 bits per heavy atom. The maximum atomic E-state index is 14.1. The minimum Gasteiger partial charge on any atom is -0.494 e. The second-order valence-electron chi connectivity index (χ2n) is 3.34. The van der Waals surface area contributed by atoms with Gasteiger partial charge in [0, 0.05) is 12.1 Å². The van der Waals surface area contributed by atoms with Crippen LogP contribution in [0.5, 0.6) is 5.75 Å². The first kappa shape index (κ1) is 11.9. The lowest BCUT2D eigenvalue weighted by Gasteiger charge is -2.23. The summed E-state index contributed by atoms with van der Waals surface area (Å²) in [6.07, 6.45) is 0.133.